The molecule has 0 aliphatic heterocycles. The summed E-state index contributed by atoms with van der Waals surface area (Å²) in [5, 5.41) is 6.48. The standard InChI is InChI=1S/C20H21ClN2O2/c21-16-11-9-14(10-12-16)19(24)23-18-8-4-5-15(13-18)20(25)22-17-6-2-1-3-7-17/h4-5,8-13,17H,1-3,6-7H2,(H,22,25)(H,23,24). The molecule has 2 aromatic rings. The molecular weight excluding hydrogens is 336 g/mol. The molecule has 2 N–H and O–H groups in total. The molecule has 2 amide bonds. The Labute approximate surface area is 152 Å². The number of anilines is 1. The molecule has 3 rings (SSSR count). The lowest BCUT2D eigenvalue weighted by molar-refractivity contribution is 0.0926. The van der Waals surface area contributed by atoms with Gasteiger partial charge in [0.2, 0.25) is 0 Å². The van der Waals surface area contributed by atoms with Crippen LogP contribution in [0.15, 0.2) is 48.5 Å². The predicted octanol–water partition coefficient (Wildman–Crippen LogP) is 4.65. The Hall–Kier alpha value is -2.33. The SMILES string of the molecule is O=C(Nc1cccc(C(=O)NC2CCCCC2)c1)c1ccc(Cl)cc1. The summed E-state index contributed by atoms with van der Waals surface area (Å²) in [6, 6.07) is 13.9. The number of hydrogen-bond donors (Lipinski definition) is 2. The van der Waals surface area contributed by atoms with Crippen molar-refractivity contribution in [3.8, 4) is 0 Å². The van der Waals surface area contributed by atoms with Gasteiger partial charge < -0.3 is 10.6 Å². The molecule has 5 heteroatoms. The maximum absolute atomic E-state index is 12.4. The largest absolute Gasteiger partial charge is 0.349 e. The van der Waals surface area contributed by atoms with Gasteiger partial charge >= 0.3 is 0 Å². The van der Waals surface area contributed by atoms with Crippen molar-refractivity contribution in [2.75, 3.05) is 5.32 Å². The second-order valence-electron chi connectivity index (χ2n) is 6.35. The van der Waals surface area contributed by atoms with Gasteiger partial charge in [-0.15, -0.1) is 0 Å². The quantitative estimate of drug-likeness (QED) is 0.837. The van der Waals surface area contributed by atoms with Crippen molar-refractivity contribution < 1.29 is 9.59 Å². The van der Waals surface area contributed by atoms with E-state index >= 15 is 0 Å². The Morgan fingerprint density at radius 3 is 2.32 bits per heavy atom. The van der Waals surface area contributed by atoms with Gasteiger partial charge in [-0.05, 0) is 55.3 Å². The summed E-state index contributed by atoms with van der Waals surface area (Å²) in [5.74, 6) is -0.323. The molecule has 4 nitrogen and oxygen atoms in total. The predicted molar refractivity (Wildman–Crippen MR) is 100 cm³/mol. The highest BCUT2D eigenvalue weighted by molar-refractivity contribution is 6.30. The normalized spacial score (nSPS) is 14.8. The van der Waals surface area contributed by atoms with E-state index in [1.165, 1.54) is 19.3 Å². The maximum atomic E-state index is 12.4. The first-order valence-electron chi connectivity index (χ1n) is 8.60. The maximum Gasteiger partial charge on any atom is 0.255 e. The molecule has 1 aliphatic rings. The third kappa shape index (κ3) is 4.83. The van der Waals surface area contributed by atoms with Crippen molar-refractivity contribution in [3.63, 3.8) is 0 Å². The summed E-state index contributed by atoms with van der Waals surface area (Å²) in [7, 11) is 0. The Morgan fingerprint density at radius 2 is 1.60 bits per heavy atom. The molecule has 0 heterocycles. The monoisotopic (exact) mass is 356 g/mol. The topological polar surface area (TPSA) is 58.2 Å². The van der Waals surface area contributed by atoms with Crippen LogP contribution in [0.2, 0.25) is 5.02 Å². The summed E-state index contributed by atoms with van der Waals surface area (Å²) >= 11 is 5.84. The highest BCUT2D eigenvalue weighted by Crippen LogP contribution is 2.19. The fraction of sp³-hybridized carbons (Fsp3) is 0.300. The van der Waals surface area contributed by atoms with E-state index in [0.29, 0.717) is 21.8 Å². The Morgan fingerprint density at radius 1 is 0.880 bits per heavy atom. The number of benzene rings is 2. The number of rotatable bonds is 4. The van der Waals surface area contributed by atoms with E-state index in [9.17, 15) is 9.59 Å². The molecule has 25 heavy (non-hydrogen) atoms. The number of halogens is 1. The van der Waals surface area contributed by atoms with E-state index in [1.54, 1.807) is 48.5 Å². The number of amides is 2. The van der Waals surface area contributed by atoms with Gasteiger partial charge in [0.05, 0.1) is 0 Å². The van der Waals surface area contributed by atoms with Gasteiger partial charge in [-0.3, -0.25) is 9.59 Å². The van der Waals surface area contributed by atoms with Crippen LogP contribution in [0.1, 0.15) is 52.8 Å². The lowest BCUT2D eigenvalue weighted by Crippen LogP contribution is -2.36. The molecule has 0 spiro atoms. The average molecular weight is 357 g/mol. The number of carbonyl (C=O) groups is 2. The molecule has 0 bridgehead atoms. The van der Waals surface area contributed by atoms with Crippen molar-refractivity contribution in [2.24, 2.45) is 0 Å². The van der Waals surface area contributed by atoms with E-state index in [4.69, 9.17) is 11.6 Å². The Bertz CT molecular complexity index is 753. The zero-order chi connectivity index (χ0) is 17.6. The van der Waals surface area contributed by atoms with Crippen LogP contribution >= 0.6 is 11.6 Å². The van der Waals surface area contributed by atoms with Crippen LogP contribution in [-0.2, 0) is 0 Å². The molecule has 1 saturated carbocycles. The molecule has 0 saturated heterocycles. The van der Waals surface area contributed by atoms with Crippen LogP contribution < -0.4 is 10.6 Å². The minimum Gasteiger partial charge on any atom is -0.349 e. The molecular formula is C20H21ClN2O2. The summed E-state index contributed by atoms with van der Waals surface area (Å²) in [6.45, 7) is 0. The highest BCUT2D eigenvalue weighted by Gasteiger charge is 2.17. The van der Waals surface area contributed by atoms with Crippen molar-refractivity contribution in [1.82, 2.24) is 5.32 Å². The summed E-state index contributed by atoms with van der Waals surface area (Å²) in [5.41, 5.74) is 1.66. The van der Waals surface area contributed by atoms with Gasteiger partial charge in [0, 0.05) is 27.9 Å². The first-order chi connectivity index (χ1) is 12.1. The third-order valence-electron chi connectivity index (χ3n) is 4.43. The van der Waals surface area contributed by atoms with Crippen molar-refractivity contribution >= 4 is 29.1 Å². The number of hydrogen-bond acceptors (Lipinski definition) is 2. The average Bonchev–Trinajstić information content (AvgIpc) is 2.63. The molecule has 0 aromatic heterocycles. The smallest absolute Gasteiger partial charge is 0.255 e. The van der Waals surface area contributed by atoms with Gasteiger partial charge in [-0.1, -0.05) is 36.9 Å². The van der Waals surface area contributed by atoms with Crippen LogP contribution in [0.25, 0.3) is 0 Å². The van der Waals surface area contributed by atoms with Gasteiger partial charge in [0.1, 0.15) is 0 Å². The third-order valence-corrected chi connectivity index (χ3v) is 4.68. The lowest BCUT2D eigenvalue weighted by atomic mass is 9.95. The van der Waals surface area contributed by atoms with Crippen molar-refractivity contribution in [1.29, 1.82) is 0 Å². The minimum absolute atomic E-state index is 0.0884. The van der Waals surface area contributed by atoms with E-state index in [1.807, 2.05) is 0 Å². The Balaban J connectivity index is 1.65. The molecule has 0 atom stereocenters. The molecule has 2 aromatic carbocycles. The first kappa shape index (κ1) is 17.5. The summed E-state index contributed by atoms with van der Waals surface area (Å²) in [4.78, 5) is 24.7. The molecule has 0 unspecified atom stereocenters. The molecule has 1 fully saturated rings. The minimum atomic E-state index is -0.235. The second-order valence-corrected chi connectivity index (χ2v) is 6.79. The van der Waals surface area contributed by atoms with E-state index in [0.717, 1.165) is 12.8 Å². The van der Waals surface area contributed by atoms with Gasteiger partial charge in [-0.25, -0.2) is 0 Å². The second kappa shape index (κ2) is 8.17. The molecule has 130 valence electrons. The number of carbonyl (C=O) groups excluding carboxylic acids is 2. The van der Waals surface area contributed by atoms with Gasteiger partial charge in [0.15, 0.2) is 0 Å². The fourth-order valence-corrected chi connectivity index (χ4v) is 3.18. The lowest BCUT2D eigenvalue weighted by Gasteiger charge is -2.22. The Kier molecular flexibility index (Phi) is 5.71. The van der Waals surface area contributed by atoms with Gasteiger partial charge in [0.25, 0.3) is 11.8 Å². The highest BCUT2D eigenvalue weighted by atomic mass is 35.5. The van der Waals surface area contributed by atoms with E-state index in [-0.39, 0.29) is 17.9 Å². The first-order valence-corrected chi connectivity index (χ1v) is 8.97. The van der Waals surface area contributed by atoms with Crippen LogP contribution in [0, 0.1) is 0 Å². The van der Waals surface area contributed by atoms with E-state index < -0.39 is 0 Å². The zero-order valence-electron chi connectivity index (χ0n) is 13.9. The van der Waals surface area contributed by atoms with E-state index in [2.05, 4.69) is 10.6 Å². The van der Waals surface area contributed by atoms with Crippen LogP contribution in [0.3, 0.4) is 0 Å². The fourth-order valence-electron chi connectivity index (χ4n) is 3.06. The van der Waals surface area contributed by atoms with Crippen LogP contribution in [0.4, 0.5) is 5.69 Å². The summed E-state index contributed by atoms with van der Waals surface area (Å²) < 4.78 is 0. The molecule has 0 radical (unpaired) electrons. The van der Waals surface area contributed by atoms with Crippen molar-refractivity contribution in [3.05, 3.63) is 64.7 Å². The zero-order valence-corrected chi connectivity index (χ0v) is 14.7. The van der Waals surface area contributed by atoms with Crippen molar-refractivity contribution in [2.45, 2.75) is 38.1 Å². The van der Waals surface area contributed by atoms with Crippen LogP contribution in [0.5, 0.6) is 0 Å². The van der Waals surface area contributed by atoms with Crippen LogP contribution in [-0.4, -0.2) is 17.9 Å². The summed E-state index contributed by atoms with van der Waals surface area (Å²) in [6.07, 6.45) is 5.67. The van der Waals surface area contributed by atoms with Gasteiger partial charge in [-0.2, -0.15) is 0 Å². The number of nitrogens with one attached hydrogen (secondary N) is 2. The molecule has 1 aliphatic carbocycles.